The van der Waals surface area contributed by atoms with Gasteiger partial charge in [-0.2, -0.15) is 10.2 Å². The molecule has 3 saturated carbocycles. The highest BCUT2D eigenvalue weighted by atomic mass is 16.3. The molecule has 2 aromatic rings. The van der Waals surface area contributed by atoms with Crippen molar-refractivity contribution in [2.45, 2.75) is 111 Å². The van der Waals surface area contributed by atoms with Crippen LogP contribution in [0, 0.1) is 46.3 Å². The van der Waals surface area contributed by atoms with E-state index in [4.69, 9.17) is 0 Å². The van der Waals surface area contributed by atoms with Crippen molar-refractivity contribution < 1.29 is 5.11 Å². The van der Waals surface area contributed by atoms with Crippen LogP contribution in [-0.4, -0.2) is 11.2 Å². The number of fused-ring (bicyclic) bond motifs is 5. The van der Waals surface area contributed by atoms with Gasteiger partial charge in [-0.3, -0.25) is 0 Å². The maximum atomic E-state index is 10.2. The molecule has 8 atom stereocenters. The molecule has 3 nitrogen and oxygen atoms in total. The van der Waals surface area contributed by atoms with Gasteiger partial charge in [0.25, 0.3) is 0 Å². The fourth-order valence-electron chi connectivity index (χ4n) is 9.77. The van der Waals surface area contributed by atoms with Crippen LogP contribution < -0.4 is 0 Å². The van der Waals surface area contributed by atoms with E-state index in [0.717, 1.165) is 59.7 Å². The molecule has 0 amide bonds. The number of rotatable bonds is 7. The van der Waals surface area contributed by atoms with Crippen LogP contribution in [0.1, 0.15) is 105 Å². The summed E-state index contributed by atoms with van der Waals surface area (Å²) in [5.74, 6) is 5.46. The monoisotopic (exact) mass is 568 g/mol. The summed E-state index contributed by atoms with van der Waals surface area (Å²) in [4.78, 5) is 0. The van der Waals surface area contributed by atoms with E-state index in [1.807, 2.05) is 60.7 Å². The van der Waals surface area contributed by atoms with Gasteiger partial charge in [0.1, 0.15) is 0 Å². The summed E-state index contributed by atoms with van der Waals surface area (Å²) < 4.78 is 0. The van der Waals surface area contributed by atoms with Gasteiger partial charge in [0.15, 0.2) is 0 Å². The summed E-state index contributed by atoms with van der Waals surface area (Å²) in [5.41, 5.74) is 4.35. The van der Waals surface area contributed by atoms with Gasteiger partial charge in [0.05, 0.1) is 17.5 Å². The average Bonchev–Trinajstić information content (AvgIpc) is 3.35. The standard InChI is InChI=1S/C27H46O.C12H10N2/c1-18(2)7-6-8-19(3)23-11-12-24-22-10-9-20-17-21(28)13-15-26(20,4)25(22)14-16-27(23,24)5;1-3-7-11(8-4-1)13-14-12-9-5-2-6-10-12/h9,18-19,21-25,28H,6-8,10-17H2,1-5H3;1-10H/t19?,21-,22-,23+,24-,25-,26-,27+;/m0./s1. The van der Waals surface area contributed by atoms with Crippen molar-refractivity contribution in [2.24, 2.45) is 56.6 Å². The molecule has 0 heterocycles. The zero-order valence-electron chi connectivity index (χ0n) is 27.0. The van der Waals surface area contributed by atoms with Crippen molar-refractivity contribution in [3.8, 4) is 0 Å². The minimum Gasteiger partial charge on any atom is -0.393 e. The molecule has 1 unspecified atom stereocenters. The fourth-order valence-corrected chi connectivity index (χ4v) is 9.77. The van der Waals surface area contributed by atoms with Crippen LogP contribution in [0.15, 0.2) is 82.5 Å². The van der Waals surface area contributed by atoms with Crippen LogP contribution in [0.5, 0.6) is 0 Å². The molecule has 0 radical (unpaired) electrons. The third-order valence-electron chi connectivity index (χ3n) is 12.1. The number of nitrogens with zero attached hydrogens (tertiary/aromatic N) is 2. The Balaban J connectivity index is 0.000000211. The molecular weight excluding hydrogens is 512 g/mol. The highest BCUT2D eigenvalue weighted by Crippen LogP contribution is 2.67. The molecule has 0 spiro atoms. The number of azo groups is 1. The Kier molecular flexibility index (Phi) is 10.1. The van der Waals surface area contributed by atoms with E-state index in [2.05, 4.69) is 50.9 Å². The average molecular weight is 569 g/mol. The first kappa shape index (κ1) is 31.2. The Hall–Kier alpha value is -2.26. The van der Waals surface area contributed by atoms with E-state index in [1.54, 1.807) is 5.57 Å². The van der Waals surface area contributed by atoms with Crippen molar-refractivity contribution in [1.82, 2.24) is 0 Å². The number of hydrogen-bond donors (Lipinski definition) is 1. The number of aliphatic hydroxyl groups is 1. The van der Waals surface area contributed by atoms with Gasteiger partial charge in [-0.05, 0) is 122 Å². The van der Waals surface area contributed by atoms with Crippen LogP contribution in [0.4, 0.5) is 11.4 Å². The molecule has 1 N–H and O–H groups in total. The number of benzene rings is 2. The molecule has 6 rings (SSSR count). The summed E-state index contributed by atoms with van der Waals surface area (Å²) in [7, 11) is 0. The van der Waals surface area contributed by atoms with Crippen molar-refractivity contribution in [2.75, 3.05) is 0 Å². The number of allylic oxidation sites excluding steroid dienone is 1. The Labute approximate surface area is 256 Å². The van der Waals surface area contributed by atoms with Gasteiger partial charge in [0, 0.05) is 0 Å². The van der Waals surface area contributed by atoms with Gasteiger partial charge in [-0.15, -0.1) is 0 Å². The topological polar surface area (TPSA) is 45.0 Å². The molecule has 3 fully saturated rings. The first-order valence-corrected chi connectivity index (χ1v) is 17.1. The minimum absolute atomic E-state index is 0.0766. The lowest BCUT2D eigenvalue weighted by molar-refractivity contribution is -0.0573. The molecule has 0 aliphatic heterocycles. The maximum absolute atomic E-state index is 10.2. The SMILES string of the molecule is CC(C)CCCC(C)[C@H]1CC[C@H]2[C@@H]3CC=C4C[C@@H](O)CC[C@]4(C)[C@H]3CC[C@]12C.c1ccc(N=Nc2ccccc2)cc1. The highest BCUT2D eigenvalue weighted by Gasteiger charge is 2.59. The lowest BCUT2D eigenvalue weighted by atomic mass is 9.47. The Morgan fingerprint density at radius 1 is 0.786 bits per heavy atom. The summed E-state index contributed by atoms with van der Waals surface area (Å²) in [5, 5.41) is 18.4. The molecule has 4 aliphatic carbocycles. The molecular formula is C39H56N2O. The van der Waals surface area contributed by atoms with E-state index in [1.165, 1.54) is 57.8 Å². The van der Waals surface area contributed by atoms with E-state index in [9.17, 15) is 5.11 Å². The smallest absolute Gasteiger partial charge is 0.0857 e. The van der Waals surface area contributed by atoms with E-state index in [-0.39, 0.29) is 6.10 Å². The van der Waals surface area contributed by atoms with Crippen LogP contribution in [0.25, 0.3) is 0 Å². The second-order valence-corrected chi connectivity index (χ2v) is 15.1. The van der Waals surface area contributed by atoms with Crippen LogP contribution in [0.2, 0.25) is 0 Å². The van der Waals surface area contributed by atoms with Crippen LogP contribution in [-0.2, 0) is 0 Å². The summed E-state index contributed by atoms with van der Waals surface area (Å²) in [6.45, 7) is 12.6. The largest absolute Gasteiger partial charge is 0.393 e. The van der Waals surface area contributed by atoms with Crippen LogP contribution in [0.3, 0.4) is 0 Å². The van der Waals surface area contributed by atoms with E-state index < -0.39 is 0 Å². The number of hydrogen-bond acceptors (Lipinski definition) is 3. The Morgan fingerprint density at radius 2 is 1.43 bits per heavy atom. The van der Waals surface area contributed by atoms with E-state index in [0.29, 0.717) is 10.8 Å². The zero-order chi connectivity index (χ0) is 29.7. The van der Waals surface area contributed by atoms with Crippen molar-refractivity contribution in [3.05, 3.63) is 72.3 Å². The quantitative estimate of drug-likeness (QED) is 0.262. The third-order valence-corrected chi connectivity index (χ3v) is 12.1. The van der Waals surface area contributed by atoms with Crippen molar-refractivity contribution >= 4 is 11.4 Å². The van der Waals surface area contributed by atoms with Crippen LogP contribution >= 0.6 is 0 Å². The van der Waals surface area contributed by atoms with Gasteiger partial charge >= 0.3 is 0 Å². The second-order valence-electron chi connectivity index (χ2n) is 15.1. The predicted molar refractivity (Wildman–Crippen MR) is 176 cm³/mol. The molecule has 0 aromatic heterocycles. The first-order chi connectivity index (χ1) is 20.2. The summed E-state index contributed by atoms with van der Waals surface area (Å²) in [6.07, 6.45) is 17.2. The molecule has 42 heavy (non-hydrogen) atoms. The molecule has 0 saturated heterocycles. The summed E-state index contributed by atoms with van der Waals surface area (Å²) >= 11 is 0. The maximum Gasteiger partial charge on any atom is 0.0857 e. The molecule has 0 bridgehead atoms. The van der Waals surface area contributed by atoms with Gasteiger partial charge in [0.2, 0.25) is 0 Å². The highest BCUT2D eigenvalue weighted by molar-refractivity contribution is 5.39. The molecule has 3 heteroatoms. The van der Waals surface area contributed by atoms with Crippen molar-refractivity contribution in [1.29, 1.82) is 0 Å². The number of aliphatic hydroxyl groups excluding tert-OH is 1. The van der Waals surface area contributed by atoms with E-state index >= 15 is 0 Å². The normalized spacial score (nSPS) is 34.5. The second kappa shape index (κ2) is 13.6. The zero-order valence-corrected chi connectivity index (χ0v) is 27.0. The summed E-state index contributed by atoms with van der Waals surface area (Å²) in [6, 6.07) is 19.4. The lowest BCUT2D eigenvalue weighted by Gasteiger charge is -2.58. The Morgan fingerprint density at radius 3 is 2.05 bits per heavy atom. The fraction of sp³-hybridized carbons (Fsp3) is 0.641. The Bertz CT molecular complexity index is 1150. The van der Waals surface area contributed by atoms with Gasteiger partial charge in [-0.25, -0.2) is 0 Å². The van der Waals surface area contributed by atoms with Crippen molar-refractivity contribution in [3.63, 3.8) is 0 Å². The first-order valence-electron chi connectivity index (χ1n) is 17.1. The minimum atomic E-state index is -0.0766. The van der Waals surface area contributed by atoms with Gasteiger partial charge in [-0.1, -0.05) is 102 Å². The van der Waals surface area contributed by atoms with Gasteiger partial charge < -0.3 is 5.11 Å². The predicted octanol–water partition coefficient (Wildman–Crippen LogP) is 11.5. The molecule has 4 aliphatic rings. The molecule has 228 valence electrons. The lowest BCUT2D eigenvalue weighted by Crippen LogP contribution is -2.50. The third kappa shape index (κ3) is 6.77. The molecule has 2 aromatic carbocycles.